The van der Waals surface area contributed by atoms with Crippen LogP contribution >= 0.6 is 66.8 Å². The summed E-state index contributed by atoms with van der Waals surface area (Å²) < 4.78 is 95.1. The van der Waals surface area contributed by atoms with Crippen LogP contribution in [0.25, 0.3) is 5.57 Å². The highest BCUT2D eigenvalue weighted by atomic mass is 79.9. The lowest BCUT2D eigenvalue weighted by molar-refractivity contribution is -0.330. The van der Waals surface area contributed by atoms with E-state index in [4.69, 9.17) is 23.2 Å². The molecule has 0 aliphatic heterocycles. The van der Waals surface area contributed by atoms with Gasteiger partial charge in [0.2, 0.25) is 0 Å². The number of alkyl halides is 7. The summed E-state index contributed by atoms with van der Waals surface area (Å²) in [5.74, 6) is -6.34. The van der Waals surface area contributed by atoms with Crippen LogP contribution in [0, 0.1) is 0 Å². The van der Waals surface area contributed by atoms with Gasteiger partial charge in [-0.05, 0) is 39.4 Å². The zero-order chi connectivity index (χ0) is 24.8. The minimum Gasteiger partial charge on any atom is -0.188 e. The quantitative estimate of drug-likeness (QED) is 0.288. The SMILES string of the molecule is FC(F)(F)C(F)(F)C(F)(F)SC1(c2ccccc2Cl)C=C(Br)CC(Br)=C1c1ccccc1Cl. The molecule has 1 unspecified atom stereocenters. The van der Waals surface area contributed by atoms with Gasteiger partial charge in [0.05, 0.1) is 4.75 Å². The first-order valence-electron chi connectivity index (χ1n) is 8.93. The van der Waals surface area contributed by atoms with Crippen LogP contribution in [0.4, 0.5) is 30.7 Å². The Kier molecular flexibility index (Phi) is 7.67. The standard InChI is InChI=1S/C21H11Br2Cl2F7S/c22-11-9-14(23)17(12-5-1-3-7-15(12)24)18(10-11,13-6-2-4-8-16(13)25)33-21(31,32)19(26,27)20(28,29)30/h1-8,10H,9H2. The van der Waals surface area contributed by atoms with Crippen LogP contribution in [0.15, 0.2) is 63.6 Å². The molecular weight excluding hydrogens is 648 g/mol. The zero-order valence-corrected chi connectivity index (χ0v) is 21.5. The highest BCUT2D eigenvalue weighted by Gasteiger charge is 2.75. The fraction of sp³-hybridized carbons (Fsp3) is 0.238. The normalized spacial score (nSPS) is 20.2. The van der Waals surface area contributed by atoms with Gasteiger partial charge in [0.1, 0.15) is 0 Å². The van der Waals surface area contributed by atoms with Gasteiger partial charge in [-0.3, -0.25) is 0 Å². The summed E-state index contributed by atoms with van der Waals surface area (Å²) in [6.07, 6.45) is -5.22. The summed E-state index contributed by atoms with van der Waals surface area (Å²) in [5.41, 5.74) is 0.0331. The third-order valence-electron chi connectivity index (χ3n) is 4.75. The first-order chi connectivity index (χ1) is 15.1. The summed E-state index contributed by atoms with van der Waals surface area (Å²) in [5, 5.41) is -5.62. The summed E-state index contributed by atoms with van der Waals surface area (Å²) in [6.45, 7) is 0. The maximum atomic E-state index is 14.9. The van der Waals surface area contributed by atoms with E-state index in [0.29, 0.717) is 0 Å². The van der Waals surface area contributed by atoms with Crippen molar-refractivity contribution in [3.8, 4) is 0 Å². The van der Waals surface area contributed by atoms with Crippen LogP contribution in [0.1, 0.15) is 17.5 Å². The third-order valence-corrected chi connectivity index (χ3v) is 7.98. The van der Waals surface area contributed by atoms with E-state index in [1.54, 1.807) is 6.07 Å². The van der Waals surface area contributed by atoms with E-state index in [2.05, 4.69) is 31.9 Å². The molecule has 0 radical (unpaired) electrons. The molecule has 0 saturated carbocycles. The largest absolute Gasteiger partial charge is 0.460 e. The molecule has 3 rings (SSSR count). The molecule has 0 fully saturated rings. The molecule has 0 heterocycles. The van der Waals surface area contributed by atoms with Gasteiger partial charge in [0.25, 0.3) is 0 Å². The Morgan fingerprint density at radius 3 is 1.91 bits per heavy atom. The number of halogens is 11. The second-order valence-corrected chi connectivity index (χ2v) is 11.1. The van der Waals surface area contributed by atoms with Gasteiger partial charge in [-0.2, -0.15) is 30.7 Å². The molecule has 0 spiro atoms. The van der Waals surface area contributed by atoms with Crippen molar-refractivity contribution >= 4 is 72.4 Å². The van der Waals surface area contributed by atoms with E-state index in [9.17, 15) is 30.7 Å². The van der Waals surface area contributed by atoms with Crippen LogP contribution in [-0.2, 0) is 4.75 Å². The molecule has 2 aromatic carbocycles. The fourth-order valence-electron chi connectivity index (χ4n) is 3.33. The minimum absolute atomic E-state index is 0.0213. The Morgan fingerprint density at radius 2 is 1.36 bits per heavy atom. The predicted molar refractivity (Wildman–Crippen MR) is 126 cm³/mol. The highest BCUT2D eigenvalue weighted by molar-refractivity contribution is 9.12. The Morgan fingerprint density at radius 1 is 0.818 bits per heavy atom. The summed E-state index contributed by atoms with van der Waals surface area (Å²) in [4.78, 5) is 0. The molecule has 12 heteroatoms. The fourth-order valence-corrected chi connectivity index (χ4v) is 7.49. The zero-order valence-electron chi connectivity index (χ0n) is 16.0. The van der Waals surface area contributed by atoms with Crippen molar-refractivity contribution in [3.63, 3.8) is 0 Å². The molecule has 178 valence electrons. The smallest absolute Gasteiger partial charge is 0.188 e. The molecule has 1 aliphatic rings. The molecule has 0 amide bonds. The number of hydrogen-bond donors (Lipinski definition) is 0. The van der Waals surface area contributed by atoms with Crippen LogP contribution in [0.3, 0.4) is 0 Å². The van der Waals surface area contributed by atoms with Crippen molar-refractivity contribution in [1.29, 1.82) is 0 Å². The molecule has 0 N–H and O–H groups in total. The van der Waals surface area contributed by atoms with Gasteiger partial charge in [-0.25, -0.2) is 0 Å². The van der Waals surface area contributed by atoms with E-state index in [-0.39, 0.29) is 42.1 Å². The Bertz CT molecular complexity index is 1130. The van der Waals surface area contributed by atoms with Crippen molar-refractivity contribution in [1.82, 2.24) is 0 Å². The van der Waals surface area contributed by atoms with Gasteiger partial charge in [0, 0.05) is 20.9 Å². The van der Waals surface area contributed by atoms with Gasteiger partial charge < -0.3 is 0 Å². The number of rotatable bonds is 5. The van der Waals surface area contributed by atoms with Crippen LogP contribution < -0.4 is 0 Å². The Hall–Kier alpha value is -0.680. The molecule has 0 nitrogen and oxygen atoms in total. The second-order valence-electron chi connectivity index (χ2n) is 6.93. The molecule has 0 bridgehead atoms. The lowest BCUT2D eigenvalue weighted by Gasteiger charge is -2.42. The van der Waals surface area contributed by atoms with Gasteiger partial charge >= 0.3 is 17.4 Å². The van der Waals surface area contributed by atoms with Crippen LogP contribution in [-0.4, -0.2) is 17.4 Å². The predicted octanol–water partition coefficient (Wildman–Crippen LogP) is 10.2. The van der Waals surface area contributed by atoms with Crippen LogP contribution in [0.2, 0.25) is 10.0 Å². The maximum absolute atomic E-state index is 14.9. The maximum Gasteiger partial charge on any atom is 0.460 e. The minimum atomic E-state index is -6.49. The molecule has 0 aromatic heterocycles. The van der Waals surface area contributed by atoms with Crippen molar-refractivity contribution < 1.29 is 30.7 Å². The Labute approximate surface area is 215 Å². The highest BCUT2D eigenvalue weighted by Crippen LogP contribution is 2.65. The molecule has 1 aliphatic carbocycles. The Balaban J connectivity index is 2.40. The third kappa shape index (κ3) is 4.87. The molecule has 33 heavy (non-hydrogen) atoms. The molecule has 2 aromatic rings. The van der Waals surface area contributed by atoms with Gasteiger partial charge in [0.15, 0.2) is 0 Å². The van der Waals surface area contributed by atoms with Crippen LogP contribution in [0.5, 0.6) is 0 Å². The lowest BCUT2D eigenvalue weighted by atomic mass is 9.82. The van der Waals surface area contributed by atoms with E-state index < -0.39 is 33.9 Å². The number of benzene rings is 2. The van der Waals surface area contributed by atoms with Gasteiger partial charge in [-0.1, -0.05) is 103 Å². The molecule has 1 atom stereocenters. The van der Waals surface area contributed by atoms with Crippen molar-refractivity contribution in [2.24, 2.45) is 0 Å². The summed E-state index contributed by atoms with van der Waals surface area (Å²) in [7, 11) is 0. The van der Waals surface area contributed by atoms with Gasteiger partial charge in [-0.15, -0.1) is 0 Å². The molecular formula is C21H11Br2Cl2F7S. The topological polar surface area (TPSA) is 0 Å². The van der Waals surface area contributed by atoms with E-state index in [1.165, 1.54) is 42.5 Å². The van der Waals surface area contributed by atoms with Crippen molar-refractivity contribution in [2.45, 2.75) is 28.5 Å². The average molecular weight is 659 g/mol. The number of thioether (sulfide) groups is 1. The number of hydrogen-bond acceptors (Lipinski definition) is 1. The van der Waals surface area contributed by atoms with E-state index in [0.717, 1.165) is 6.08 Å². The molecule has 0 saturated heterocycles. The second kappa shape index (κ2) is 9.41. The van der Waals surface area contributed by atoms with E-state index >= 15 is 0 Å². The monoisotopic (exact) mass is 656 g/mol. The average Bonchev–Trinajstić information content (AvgIpc) is 2.67. The van der Waals surface area contributed by atoms with E-state index in [1.807, 2.05) is 0 Å². The summed E-state index contributed by atoms with van der Waals surface area (Å²) in [6, 6.07) is 11.5. The lowest BCUT2D eigenvalue weighted by Crippen LogP contribution is -2.51. The van der Waals surface area contributed by atoms with Crippen molar-refractivity contribution in [2.75, 3.05) is 0 Å². The summed E-state index contributed by atoms with van der Waals surface area (Å²) >= 11 is 18.2. The first-order valence-corrected chi connectivity index (χ1v) is 12.1. The first kappa shape index (κ1) is 26.9. The van der Waals surface area contributed by atoms with Crippen molar-refractivity contribution in [3.05, 3.63) is 84.7 Å². The number of allylic oxidation sites excluding steroid dienone is 2.